The quantitative estimate of drug-likeness (QED) is 0.886. The SMILES string of the molecule is NCCc1nc2cc(Cl)cnc2n1C1CC1. The predicted octanol–water partition coefficient (Wildman–Crippen LogP) is 1.92. The van der Waals surface area contributed by atoms with Crippen LogP contribution in [0.1, 0.15) is 24.7 Å². The van der Waals surface area contributed by atoms with Gasteiger partial charge in [0.05, 0.1) is 5.02 Å². The maximum atomic E-state index is 5.92. The highest BCUT2D eigenvalue weighted by Gasteiger charge is 2.28. The van der Waals surface area contributed by atoms with E-state index in [0.29, 0.717) is 17.6 Å². The second-order valence-electron chi connectivity index (χ2n) is 4.16. The summed E-state index contributed by atoms with van der Waals surface area (Å²) in [5.41, 5.74) is 7.42. The molecular weight excluding hydrogens is 224 g/mol. The summed E-state index contributed by atoms with van der Waals surface area (Å²) in [5, 5.41) is 0.632. The Morgan fingerprint density at radius 1 is 1.50 bits per heavy atom. The molecule has 2 heterocycles. The number of nitrogens with zero attached hydrogens (tertiary/aromatic N) is 3. The van der Waals surface area contributed by atoms with Crippen LogP contribution in [-0.4, -0.2) is 21.1 Å². The van der Waals surface area contributed by atoms with Crippen LogP contribution in [0.3, 0.4) is 0 Å². The first-order valence-corrected chi connectivity index (χ1v) is 5.90. The monoisotopic (exact) mass is 236 g/mol. The minimum atomic E-state index is 0.570. The third-order valence-electron chi connectivity index (χ3n) is 2.85. The van der Waals surface area contributed by atoms with Gasteiger partial charge < -0.3 is 10.3 Å². The zero-order valence-corrected chi connectivity index (χ0v) is 9.61. The van der Waals surface area contributed by atoms with Gasteiger partial charge in [0.2, 0.25) is 0 Å². The molecule has 1 fully saturated rings. The summed E-state index contributed by atoms with van der Waals surface area (Å²) in [5.74, 6) is 1.04. The van der Waals surface area contributed by atoms with Crippen molar-refractivity contribution in [3.8, 4) is 0 Å². The standard InChI is InChI=1S/C11H13ClN4/c12-7-5-9-11(14-6-7)16(8-1-2-8)10(15-9)3-4-13/h5-6,8H,1-4,13H2. The molecule has 0 saturated heterocycles. The van der Waals surface area contributed by atoms with Gasteiger partial charge in [-0.05, 0) is 25.5 Å². The van der Waals surface area contributed by atoms with Crippen molar-refractivity contribution in [2.45, 2.75) is 25.3 Å². The van der Waals surface area contributed by atoms with Crippen molar-refractivity contribution < 1.29 is 0 Å². The average molecular weight is 237 g/mol. The van der Waals surface area contributed by atoms with Crippen LogP contribution in [0.2, 0.25) is 5.02 Å². The molecule has 2 aromatic rings. The zero-order valence-electron chi connectivity index (χ0n) is 8.86. The fourth-order valence-electron chi connectivity index (χ4n) is 2.03. The lowest BCUT2D eigenvalue weighted by Crippen LogP contribution is -2.09. The van der Waals surface area contributed by atoms with Gasteiger partial charge in [-0.1, -0.05) is 11.6 Å². The first-order valence-electron chi connectivity index (χ1n) is 5.52. The number of nitrogens with two attached hydrogens (primary N) is 1. The van der Waals surface area contributed by atoms with E-state index in [1.165, 1.54) is 12.8 Å². The van der Waals surface area contributed by atoms with Crippen molar-refractivity contribution in [1.29, 1.82) is 0 Å². The van der Waals surface area contributed by atoms with Gasteiger partial charge >= 0.3 is 0 Å². The molecule has 1 saturated carbocycles. The van der Waals surface area contributed by atoms with Crippen molar-refractivity contribution in [1.82, 2.24) is 14.5 Å². The fourth-order valence-corrected chi connectivity index (χ4v) is 2.18. The molecule has 1 aliphatic rings. The number of imidazole rings is 1. The van der Waals surface area contributed by atoms with Gasteiger partial charge in [0.25, 0.3) is 0 Å². The summed E-state index contributed by atoms with van der Waals surface area (Å²) in [4.78, 5) is 8.93. The smallest absolute Gasteiger partial charge is 0.160 e. The molecule has 0 unspecified atom stereocenters. The second-order valence-corrected chi connectivity index (χ2v) is 4.60. The molecule has 2 aromatic heterocycles. The van der Waals surface area contributed by atoms with E-state index in [0.717, 1.165) is 23.4 Å². The topological polar surface area (TPSA) is 56.7 Å². The van der Waals surface area contributed by atoms with Crippen molar-refractivity contribution in [2.24, 2.45) is 5.73 Å². The molecule has 16 heavy (non-hydrogen) atoms. The van der Waals surface area contributed by atoms with E-state index in [1.807, 2.05) is 6.07 Å². The second kappa shape index (κ2) is 3.71. The van der Waals surface area contributed by atoms with Crippen molar-refractivity contribution >= 4 is 22.8 Å². The molecular formula is C11H13ClN4. The zero-order chi connectivity index (χ0) is 11.1. The third-order valence-corrected chi connectivity index (χ3v) is 3.06. The van der Waals surface area contributed by atoms with Crippen LogP contribution in [0.25, 0.3) is 11.2 Å². The first kappa shape index (κ1) is 10.1. The van der Waals surface area contributed by atoms with Crippen LogP contribution in [0.15, 0.2) is 12.3 Å². The molecule has 0 amide bonds. The van der Waals surface area contributed by atoms with E-state index in [2.05, 4.69) is 14.5 Å². The van der Waals surface area contributed by atoms with Crippen LogP contribution in [0, 0.1) is 0 Å². The Labute approximate surface area is 98.4 Å². The largest absolute Gasteiger partial charge is 0.330 e. The van der Waals surface area contributed by atoms with E-state index in [1.54, 1.807) is 6.20 Å². The molecule has 0 spiro atoms. The van der Waals surface area contributed by atoms with Gasteiger partial charge in [-0.25, -0.2) is 9.97 Å². The summed E-state index contributed by atoms with van der Waals surface area (Å²) in [7, 11) is 0. The van der Waals surface area contributed by atoms with Crippen LogP contribution in [0.5, 0.6) is 0 Å². The predicted molar refractivity (Wildman–Crippen MR) is 63.6 cm³/mol. The molecule has 5 heteroatoms. The maximum Gasteiger partial charge on any atom is 0.160 e. The molecule has 0 aromatic carbocycles. The summed E-state index contributed by atoms with van der Waals surface area (Å²) in [6.07, 6.45) is 4.90. The Bertz CT molecular complexity index is 530. The molecule has 0 bridgehead atoms. The summed E-state index contributed by atoms with van der Waals surface area (Å²) >= 11 is 5.92. The Hall–Kier alpha value is -1.13. The van der Waals surface area contributed by atoms with Crippen molar-refractivity contribution in [3.63, 3.8) is 0 Å². The highest BCUT2D eigenvalue weighted by atomic mass is 35.5. The van der Waals surface area contributed by atoms with Crippen LogP contribution in [0.4, 0.5) is 0 Å². The van der Waals surface area contributed by atoms with E-state index in [-0.39, 0.29) is 0 Å². The molecule has 0 radical (unpaired) electrons. The molecule has 1 aliphatic carbocycles. The lowest BCUT2D eigenvalue weighted by molar-refractivity contribution is 0.690. The van der Waals surface area contributed by atoms with E-state index >= 15 is 0 Å². The Kier molecular flexibility index (Phi) is 2.33. The van der Waals surface area contributed by atoms with Gasteiger partial charge in [0.15, 0.2) is 5.65 Å². The minimum absolute atomic E-state index is 0.570. The highest BCUT2D eigenvalue weighted by molar-refractivity contribution is 6.31. The first-order chi connectivity index (χ1) is 7.79. The van der Waals surface area contributed by atoms with Crippen LogP contribution < -0.4 is 5.73 Å². The number of aromatic nitrogens is 3. The van der Waals surface area contributed by atoms with E-state index in [9.17, 15) is 0 Å². The fraction of sp³-hybridized carbons (Fsp3) is 0.455. The number of rotatable bonds is 3. The van der Waals surface area contributed by atoms with Crippen LogP contribution in [-0.2, 0) is 6.42 Å². The van der Waals surface area contributed by atoms with Crippen molar-refractivity contribution in [3.05, 3.63) is 23.1 Å². The van der Waals surface area contributed by atoms with Gasteiger partial charge in [0, 0.05) is 18.7 Å². The maximum absolute atomic E-state index is 5.92. The molecule has 0 atom stereocenters. The number of hydrogen-bond donors (Lipinski definition) is 1. The highest BCUT2D eigenvalue weighted by Crippen LogP contribution is 2.38. The Balaban J connectivity index is 2.20. The number of fused-ring (bicyclic) bond motifs is 1. The lowest BCUT2D eigenvalue weighted by Gasteiger charge is -2.05. The van der Waals surface area contributed by atoms with Gasteiger partial charge in [-0.3, -0.25) is 0 Å². The van der Waals surface area contributed by atoms with E-state index in [4.69, 9.17) is 17.3 Å². The summed E-state index contributed by atoms with van der Waals surface area (Å²) in [6.45, 7) is 0.615. The minimum Gasteiger partial charge on any atom is -0.330 e. The normalized spacial score (nSPS) is 15.9. The van der Waals surface area contributed by atoms with Gasteiger partial charge in [-0.15, -0.1) is 0 Å². The molecule has 3 rings (SSSR count). The van der Waals surface area contributed by atoms with E-state index < -0.39 is 0 Å². The summed E-state index contributed by atoms with van der Waals surface area (Å²) in [6, 6.07) is 2.43. The molecule has 4 nitrogen and oxygen atoms in total. The molecule has 84 valence electrons. The molecule has 0 aliphatic heterocycles. The summed E-state index contributed by atoms with van der Waals surface area (Å²) < 4.78 is 2.22. The van der Waals surface area contributed by atoms with Gasteiger partial charge in [-0.2, -0.15) is 0 Å². The van der Waals surface area contributed by atoms with Gasteiger partial charge in [0.1, 0.15) is 11.3 Å². The average Bonchev–Trinajstić information content (AvgIpc) is 3.02. The lowest BCUT2D eigenvalue weighted by atomic mass is 10.4. The van der Waals surface area contributed by atoms with Crippen LogP contribution >= 0.6 is 11.6 Å². The Morgan fingerprint density at radius 3 is 3.00 bits per heavy atom. The number of hydrogen-bond acceptors (Lipinski definition) is 3. The Morgan fingerprint density at radius 2 is 2.31 bits per heavy atom. The molecule has 2 N–H and O–H groups in total. The number of pyridine rings is 1. The van der Waals surface area contributed by atoms with Crippen molar-refractivity contribution in [2.75, 3.05) is 6.54 Å². The number of halogens is 1. The third kappa shape index (κ3) is 1.58.